The molecule has 0 spiro atoms. The number of hydrogen-bond donors (Lipinski definition) is 1. The van der Waals surface area contributed by atoms with Crippen molar-refractivity contribution >= 4 is 17.3 Å². The highest BCUT2D eigenvalue weighted by Crippen LogP contribution is 2.28. The lowest BCUT2D eigenvalue weighted by Gasteiger charge is -2.32. The van der Waals surface area contributed by atoms with Gasteiger partial charge in [0.25, 0.3) is 5.91 Å². The van der Waals surface area contributed by atoms with Crippen LogP contribution in [0.2, 0.25) is 0 Å². The first-order valence-electron chi connectivity index (χ1n) is 9.18. The molecule has 134 valence electrons. The van der Waals surface area contributed by atoms with E-state index in [-0.39, 0.29) is 12.0 Å². The van der Waals surface area contributed by atoms with Gasteiger partial charge in [-0.3, -0.25) is 4.79 Å². The Kier molecular flexibility index (Phi) is 4.86. The number of piperidine rings is 1. The summed E-state index contributed by atoms with van der Waals surface area (Å²) in [7, 11) is 0. The highest BCUT2D eigenvalue weighted by Gasteiger charge is 2.32. The van der Waals surface area contributed by atoms with Crippen molar-refractivity contribution in [3.63, 3.8) is 0 Å². The third-order valence-corrected chi connectivity index (χ3v) is 5.01. The van der Waals surface area contributed by atoms with Gasteiger partial charge >= 0.3 is 0 Å². The van der Waals surface area contributed by atoms with Crippen LogP contribution < -0.4 is 5.32 Å². The number of oxime groups is 1. The molecule has 1 saturated heterocycles. The normalized spacial score (nSPS) is 20.4. The molecule has 0 aromatic heterocycles. The Morgan fingerprint density at radius 3 is 2.35 bits per heavy atom. The fourth-order valence-corrected chi connectivity index (χ4v) is 3.53. The summed E-state index contributed by atoms with van der Waals surface area (Å²) in [6.07, 6.45) is 2.28. The van der Waals surface area contributed by atoms with Crippen LogP contribution >= 0.6 is 0 Å². The van der Waals surface area contributed by atoms with Crippen molar-refractivity contribution in [1.29, 1.82) is 0 Å². The number of likely N-dealkylation sites (tertiary alicyclic amines) is 1. The van der Waals surface area contributed by atoms with Crippen molar-refractivity contribution in [1.82, 2.24) is 4.90 Å². The molecule has 2 aromatic carbocycles. The fourth-order valence-electron chi connectivity index (χ4n) is 3.53. The molecular weight excluding hydrogens is 326 g/mol. The molecule has 26 heavy (non-hydrogen) atoms. The average molecular weight is 349 g/mol. The summed E-state index contributed by atoms with van der Waals surface area (Å²) >= 11 is 0. The number of carbonyl (C=O) groups is 1. The van der Waals surface area contributed by atoms with Gasteiger partial charge in [-0.1, -0.05) is 53.7 Å². The largest absolute Gasteiger partial charge is 0.387 e. The van der Waals surface area contributed by atoms with Crippen molar-refractivity contribution in [3.05, 3.63) is 66.2 Å². The van der Waals surface area contributed by atoms with Crippen LogP contribution in [0.25, 0.3) is 0 Å². The van der Waals surface area contributed by atoms with Crippen LogP contribution in [0.3, 0.4) is 0 Å². The van der Waals surface area contributed by atoms with Gasteiger partial charge in [-0.25, -0.2) is 0 Å². The van der Waals surface area contributed by atoms with E-state index in [0.717, 1.165) is 37.2 Å². The molecule has 0 saturated carbocycles. The van der Waals surface area contributed by atoms with Gasteiger partial charge in [0, 0.05) is 31.2 Å². The number of nitrogens with one attached hydrogen (secondary N) is 1. The maximum absolute atomic E-state index is 12.7. The molecule has 5 heteroatoms. The topological polar surface area (TPSA) is 53.9 Å². The zero-order chi connectivity index (χ0) is 17.8. The summed E-state index contributed by atoms with van der Waals surface area (Å²) in [5.74, 6) is 0.0154. The van der Waals surface area contributed by atoms with Crippen molar-refractivity contribution < 1.29 is 9.63 Å². The first-order valence-corrected chi connectivity index (χ1v) is 9.18. The van der Waals surface area contributed by atoms with Gasteiger partial charge < -0.3 is 15.1 Å². The van der Waals surface area contributed by atoms with Crippen LogP contribution in [-0.2, 0) is 9.63 Å². The number of nitrogens with zero attached hydrogens (tertiary/aromatic N) is 2. The maximum Gasteiger partial charge on any atom is 0.271 e. The minimum Gasteiger partial charge on any atom is -0.387 e. The van der Waals surface area contributed by atoms with Gasteiger partial charge in [-0.05, 0) is 30.5 Å². The van der Waals surface area contributed by atoms with Gasteiger partial charge in [0.05, 0.1) is 0 Å². The minimum absolute atomic E-state index is 0.0154. The molecular formula is C21H23N3O2. The molecule has 1 atom stereocenters. The van der Waals surface area contributed by atoms with E-state index in [1.807, 2.05) is 53.4 Å². The molecule has 0 aliphatic carbocycles. The van der Waals surface area contributed by atoms with Crippen molar-refractivity contribution in [2.45, 2.75) is 31.4 Å². The third-order valence-electron chi connectivity index (χ3n) is 5.01. The van der Waals surface area contributed by atoms with E-state index in [1.165, 1.54) is 0 Å². The number of benzene rings is 2. The van der Waals surface area contributed by atoms with Gasteiger partial charge in [0.1, 0.15) is 5.71 Å². The molecule has 0 radical (unpaired) electrons. The number of carbonyl (C=O) groups excluding carboxylic acids is 1. The Bertz CT molecular complexity index is 768. The van der Waals surface area contributed by atoms with Crippen molar-refractivity contribution in [2.75, 3.05) is 18.4 Å². The Balaban J connectivity index is 1.29. The monoisotopic (exact) mass is 349 g/mol. The minimum atomic E-state index is -0.146. The van der Waals surface area contributed by atoms with E-state index in [9.17, 15) is 4.79 Å². The second-order valence-corrected chi connectivity index (χ2v) is 6.82. The number of para-hydroxylation sites is 1. The molecule has 2 aromatic rings. The molecule has 0 bridgehead atoms. The Hall–Kier alpha value is -2.82. The molecule has 2 aliphatic heterocycles. The fraction of sp³-hybridized carbons (Fsp3) is 0.333. The first-order chi connectivity index (χ1) is 12.8. The SMILES string of the molecule is O=C(C1=NOC(c2ccccc2)C1)N1CCC(Nc2ccccc2)CC1. The quantitative estimate of drug-likeness (QED) is 0.917. The number of anilines is 1. The van der Waals surface area contributed by atoms with Crippen LogP contribution in [0.15, 0.2) is 65.8 Å². The van der Waals surface area contributed by atoms with Crippen LogP contribution in [0.5, 0.6) is 0 Å². The summed E-state index contributed by atoms with van der Waals surface area (Å²) in [5.41, 5.74) is 2.73. The third kappa shape index (κ3) is 3.72. The lowest BCUT2D eigenvalue weighted by molar-refractivity contribution is -0.125. The predicted molar refractivity (Wildman–Crippen MR) is 102 cm³/mol. The van der Waals surface area contributed by atoms with Gasteiger partial charge in [0.15, 0.2) is 6.10 Å². The number of amides is 1. The predicted octanol–water partition coefficient (Wildman–Crippen LogP) is 3.61. The highest BCUT2D eigenvalue weighted by molar-refractivity contribution is 6.39. The number of rotatable bonds is 4. The molecule has 5 nitrogen and oxygen atoms in total. The lowest BCUT2D eigenvalue weighted by atomic mass is 10.0. The van der Waals surface area contributed by atoms with Gasteiger partial charge in [-0.2, -0.15) is 0 Å². The standard InChI is InChI=1S/C21H23N3O2/c25-21(19-15-20(26-23-19)16-7-3-1-4-8-16)24-13-11-18(12-14-24)22-17-9-5-2-6-10-17/h1-10,18,20,22H,11-15H2. The smallest absolute Gasteiger partial charge is 0.271 e. The van der Waals surface area contributed by atoms with Crippen molar-refractivity contribution in [3.8, 4) is 0 Å². The Labute approximate surface area is 153 Å². The molecule has 2 aliphatic rings. The molecule has 4 rings (SSSR count). The summed E-state index contributed by atoms with van der Waals surface area (Å²) in [6, 6.07) is 20.6. The zero-order valence-corrected chi connectivity index (χ0v) is 14.7. The van der Waals surface area contributed by atoms with E-state index in [4.69, 9.17) is 4.84 Å². The summed E-state index contributed by atoms with van der Waals surface area (Å²) in [6.45, 7) is 1.50. The lowest BCUT2D eigenvalue weighted by Crippen LogP contribution is -2.44. The van der Waals surface area contributed by atoms with E-state index >= 15 is 0 Å². The van der Waals surface area contributed by atoms with Crippen molar-refractivity contribution in [2.24, 2.45) is 5.16 Å². The van der Waals surface area contributed by atoms with Crippen LogP contribution in [0.4, 0.5) is 5.69 Å². The molecule has 2 heterocycles. The van der Waals surface area contributed by atoms with Gasteiger partial charge in [-0.15, -0.1) is 0 Å². The zero-order valence-electron chi connectivity index (χ0n) is 14.7. The molecule has 1 unspecified atom stereocenters. The number of hydrogen-bond acceptors (Lipinski definition) is 4. The summed E-state index contributed by atoms with van der Waals surface area (Å²) in [5, 5.41) is 7.61. The van der Waals surface area contributed by atoms with Gasteiger partial charge in [0.2, 0.25) is 0 Å². The maximum atomic E-state index is 12.7. The summed E-state index contributed by atoms with van der Waals surface area (Å²) < 4.78 is 0. The average Bonchev–Trinajstić information content (AvgIpc) is 3.20. The molecule has 1 amide bonds. The van der Waals surface area contributed by atoms with Crippen LogP contribution in [-0.4, -0.2) is 35.7 Å². The molecule has 1 N–H and O–H groups in total. The van der Waals surface area contributed by atoms with Crippen LogP contribution in [0.1, 0.15) is 30.9 Å². The molecule has 1 fully saturated rings. The van der Waals surface area contributed by atoms with E-state index < -0.39 is 0 Å². The highest BCUT2D eigenvalue weighted by atomic mass is 16.6. The second kappa shape index (κ2) is 7.60. The second-order valence-electron chi connectivity index (χ2n) is 6.82. The Morgan fingerprint density at radius 1 is 1.00 bits per heavy atom. The van der Waals surface area contributed by atoms with E-state index in [1.54, 1.807) is 0 Å². The first kappa shape index (κ1) is 16.6. The Morgan fingerprint density at radius 2 is 1.65 bits per heavy atom. The van der Waals surface area contributed by atoms with Crippen LogP contribution in [0, 0.1) is 0 Å². The van der Waals surface area contributed by atoms with E-state index in [0.29, 0.717) is 18.2 Å². The summed E-state index contributed by atoms with van der Waals surface area (Å²) in [4.78, 5) is 20.1. The van der Waals surface area contributed by atoms with E-state index in [2.05, 4.69) is 22.6 Å².